The number of carbonyl (C=O) groups is 3. The second-order valence-corrected chi connectivity index (χ2v) is 9.79. The Morgan fingerprint density at radius 1 is 1.21 bits per heavy atom. The Kier molecular flexibility index (Phi) is 5.95. The number of nitrogens with zero attached hydrogens (tertiary/aromatic N) is 2. The van der Waals surface area contributed by atoms with Crippen LogP contribution in [0.25, 0.3) is 0 Å². The molecule has 1 aromatic rings. The Morgan fingerprint density at radius 2 is 1.90 bits per heavy atom. The van der Waals surface area contributed by atoms with Gasteiger partial charge in [-0.15, -0.1) is 0 Å². The molecule has 10 heteroatoms. The molecule has 0 atom stereocenters. The van der Waals surface area contributed by atoms with Crippen LogP contribution in [0.5, 0.6) is 0 Å². The molecule has 1 aliphatic heterocycles. The highest BCUT2D eigenvalue weighted by molar-refractivity contribution is 7.89. The van der Waals surface area contributed by atoms with Gasteiger partial charge in [-0.2, -0.15) is 0 Å². The van der Waals surface area contributed by atoms with Crippen LogP contribution in [0, 0.1) is 0 Å². The first kappa shape index (κ1) is 21.3. The molecule has 3 rings (SSSR count). The lowest BCUT2D eigenvalue weighted by Crippen LogP contribution is -2.48. The summed E-state index contributed by atoms with van der Waals surface area (Å²) in [7, 11) is -0.758. The predicted octanol–water partition coefficient (Wildman–Crippen LogP) is 1.52. The molecular formula is C19H26N4O5S. The minimum atomic E-state index is -3.61. The van der Waals surface area contributed by atoms with E-state index in [0.29, 0.717) is 18.5 Å². The van der Waals surface area contributed by atoms with Crippen LogP contribution in [0.2, 0.25) is 0 Å². The molecule has 1 aliphatic carbocycles. The van der Waals surface area contributed by atoms with Gasteiger partial charge in [0.2, 0.25) is 15.9 Å². The highest BCUT2D eigenvalue weighted by Crippen LogP contribution is 2.33. The largest absolute Gasteiger partial charge is 0.326 e. The Morgan fingerprint density at radius 3 is 2.55 bits per heavy atom. The molecule has 0 aromatic heterocycles. The summed E-state index contributed by atoms with van der Waals surface area (Å²) in [6.07, 6.45) is 4.04. The number of anilines is 1. The van der Waals surface area contributed by atoms with Gasteiger partial charge in [0, 0.05) is 32.7 Å². The number of hydrogen-bond acceptors (Lipinski definition) is 5. The van der Waals surface area contributed by atoms with Crippen LogP contribution in [-0.4, -0.2) is 61.6 Å². The van der Waals surface area contributed by atoms with Crippen molar-refractivity contribution in [1.29, 1.82) is 0 Å². The zero-order chi connectivity index (χ0) is 21.2. The molecule has 0 bridgehead atoms. The molecule has 2 fully saturated rings. The van der Waals surface area contributed by atoms with Crippen molar-refractivity contribution in [3.63, 3.8) is 0 Å². The van der Waals surface area contributed by atoms with E-state index in [-0.39, 0.29) is 23.8 Å². The lowest BCUT2D eigenvalue weighted by atomic mass is 9.82. The lowest BCUT2D eigenvalue weighted by Gasteiger charge is -2.30. The van der Waals surface area contributed by atoms with Crippen molar-refractivity contribution in [1.82, 2.24) is 14.5 Å². The van der Waals surface area contributed by atoms with E-state index in [2.05, 4.69) is 10.6 Å². The van der Waals surface area contributed by atoms with Gasteiger partial charge in [-0.1, -0.05) is 25.3 Å². The van der Waals surface area contributed by atoms with Crippen molar-refractivity contribution in [2.45, 2.75) is 49.0 Å². The van der Waals surface area contributed by atoms with Crippen molar-refractivity contribution >= 4 is 33.6 Å². The third kappa shape index (κ3) is 4.27. The maximum absolute atomic E-state index is 12.7. The maximum atomic E-state index is 12.7. The number of sulfonamides is 1. The van der Waals surface area contributed by atoms with Gasteiger partial charge in [0.1, 0.15) is 5.54 Å². The second-order valence-electron chi connectivity index (χ2n) is 7.64. The molecule has 0 unspecified atom stereocenters. The smallest absolute Gasteiger partial charge is 0.325 e. The molecule has 4 amide bonds. The highest BCUT2D eigenvalue weighted by Gasteiger charge is 2.51. The zero-order valence-corrected chi connectivity index (χ0v) is 17.4. The van der Waals surface area contributed by atoms with Crippen LogP contribution in [0.3, 0.4) is 0 Å². The number of hydrogen-bond donors (Lipinski definition) is 2. The number of amides is 4. The van der Waals surface area contributed by atoms with Crippen molar-refractivity contribution < 1.29 is 22.8 Å². The maximum Gasteiger partial charge on any atom is 0.325 e. The predicted molar refractivity (Wildman–Crippen MR) is 107 cm³/mol. The van der Waals surface area contributed by atoms with Crippen LogP contribution < -0.4 is 10.6 Å². The lowest BCUT2D eigenvalue weighted by molar-refractivity contribution is -0.132. The summed E-state index contributed by atoms with van der Waals surface area (Å²) in [5.74, 6) is -0.663. The first-order valence-electron chi connectivity index (χ1n) is 9.62. The van der Waals surface area contributed by atoms with Crippen molar-refractivity contribution in [3.05, 3.63) is 24.3 Å². The standard InChI is InChI=1S/C19H26N4O5S/c1-22(2)29(27,28)15-8-6-7-14(13-15)20-16(24)9-12-23-17(25)19(21-18(23)26)10-4-3-5-11-19/h6-8,13H,3-5,9-12H2,1-2H3,(H,20,24)(H,21,26). The monoisotopic (exact) mass is 422 g/mol. The molecule has 1 saturated carbocycles. The topological polar surface area (TPSA) is 116 Å². The Balaban J connectivity index is 1.61. The molecule has 1 spiro atoms. The van der Waals surface area contributed by atoms with Crippen LogP contribution in [0.15, 0.2) is 29.2 Å². The quantitative estimate of drug-likeness (QED) is 0.675. The first-order chi connectivity index (χ1) is 13.7. The molecule has 0 radical (unpaired) electrons. The normalized spacial score (nSPS) is 18.9. The van der Waals surface area contributed by atoms with Gasteiger partial charge in [-0.05, 0) is 31.0 Å². The van der Waals surface area contributed by atoms with Gasteiger partial charge in [-0.3, -0.25) is 14.5 Å². The van der Waals surface area contributed by atoms with Gasteiger partial charge in [0.15, 0.2) is 0 Å². The van der Waals surface area contributed by atoms with Crippen LogP contribution in [-0.2, 0) is 19.6 Å². The van der Waals surface area contributed by atoms with Gasteiger partial charge >= 0.3 is 6.03 Å². The Hall–Kier alpha value is -2.46. The zero-order valence-electron chi connectivity index (χ0n) is 16.6. The number of imide groups is 1. The Labute approximate surface area is 170 Å². The summed E-state index contributed by atoms with van der Waals surface area (Å²) >= 11 is 0. The van der Waals surface area contributed by atoms with E-state index in [1.807, 2.05) is 0 Å². The summed E-state index contributed by atoms with van der Waals surface area (Å²) in [4.78, 5) is 38.4. The first-order valence-corrected chi connectivity index (χ1v) is 11.1. The summed E-state index contributed by atoms with van der Waals surface area (Å²) in [5, 5.41) is 5.44. The van der Waals surface area contributed by atoms with Crippen LogP contribution in [0.4, 0.5) is 10.5 Å². The van der Waals surface area contributed by atoms with Gasteiger partial charge < -0.3 is 10.6 Å². The van der Waals surface area contributed by atoms with E-state index in [0.717, 1.165) is 28.5 Å². The fourth-order valence-electron chi connectivity index (χ4n) is 3.76. The van der Waals surface area contributed by atoms with Crippen molar-refractivity contribution in [2.24, 2.45) is 0 Å². The number of carbonyl (C=O) groups excluding carboxylic acids is 3. The molecular weight excluding hydrogens is 396 g/mol. The van der Waals surface area contributed by atoms with E-state index < -0.39 is 27.5 Å². The molecule has 29 heavy (non-hydrogen) atoms. The molecule has 2 N–H and O–H groups in total. The van der Waals surface area contributed by atoms with E-state index in [1.54, 1.807) is 6.07 Å². The average molecular weight is 423 g/mol. The SMILES string of the molecule is CN(C)S(=O)(=O)c1cccc(NC(=O)CCN2C(=O)NC3(CCCCC3)C2=O)c1. The molecule has 2 aliphatic rings. The van der Waals surface area contributed by atoms with Gasteiger partial charge in [0.05, 0.1) is 4.90 Å². The third-order valence-electron chi connectivity index (χ3n) is 5.41. The highest BCUT2D eigenvalue weighted by atomic mass is 32.2. The molecule has 1 aromatic carbocycles. The van der Waals surface area contributed by atoms with E-state index >= 15 is 0 Å². The number of rotatable bonds is 6. The minimum absolute atomic E-state index is 0.0199. The number of benzene rings is 1. The van der Waals surface area contributed by atoms with E-state index in [4.69, 9.17) is 0 Å². The van der Waals surface area contributed by atoms with Gasteiger partial charge in [-0.25, -0.2) is 17.5 Å². The van der Waals surface area contributed by atoms with Crippen LogP contribution >= 0.6 is 0 Å². The van der Waals surface area contributed by atoms with Crippen LogP contribution in [0.1, 0.15) is 38.5 Å². The summed E-state index contributed by atoms with van der Waals surface area (Å²) in [6.45, 7) is -0.0199. The fraction of sp³-hybridized carbons (Fsp3) is 0.526. The summed E-state index contributed by atoms with van der Waals surface area (Å²) < 4.78 is 25.5. The molecule has 1 heterocycles. The van der Waals surface area contributed by atoms with Crippen molar-refractivity contribution in [3.8, 4) is 0 Å². The minimum Gasteiger partial charge on any atom is -0.326 e. The van der Waals surface area contributed by atoms with Crippen molar-refractivity contribution in [2.75, 3.05) is 26.0 Å². The molecule has 9 nitrogen and oxygen atoms in total. The fourth-order valence-corrected chi connectivity index (χ4v) is 4.70. The third-order valence-corrected chi connectivity index (χ3v) is 7.22. The number of urea groups is 1. The molecule has 158 valence electrons. The van der Waals surface area contributed by atoms with E-state index in [1.165, 1.54) is 32.3 Å². The number of nitrogens with one attached hydrogen (secondary N) is 2. The molecule has 1 saturated heterocycles. The average Bonchev–Trinajstić information content (AvgIpc) is 2.90. The van der Waals surface area contributed by atoms with Gasteiger partial charge in [0.25, 0.3) is 5.91 Å². The summed E-state index contributed by atoms with van der Waals surface area (Å²) in [5.41, 5.74) is -0.473. The second kappa shape index (κ2) is 8.11. The summed E-state index contributed by atoms with van der Waals surface area (Å²) in [6, 6.07) is 5.48. The Bertz CT molecular complexity index is 922. The van der Waals surface area contributed by atoms with E-state index in [9.17, 15) is 22.8 Å².